The van der Waals surface area contributed by atoms with Crippen LogP contribution >= 0.6 is 22.9 Å². The van der Waals surface area contributed by atoms with Crippen molar-refractivity contribution in [2.45, 2.75) is 44.7 Å². The predicted octanol–water partition coefficient (Wildman–Crippen LogP) is 7.89. The number of rotatable bonds is 6. The number of benzene rings is 3. The minimum atomic E-state index is -0.617. The summed E-state index contributed by atoms with van der Waals surface area (Å²) in [6.07, 6.45) is 5.05. The van der Waals surface area contributed by atoms with E-state index in [2.05, 4.69) is 47.0 Å². The summed E-state index contributed by atoms with van der Waals surface area (Å²) in [4.78, 5) is 18.4. The van der Waals surface area contributed by atoms with Crippen molar-refractivity contribution in [3.8, 4) is 11.1 Å². The Kier molecular flexibility index (Phi) is 10.1. The van der Waals surface area contributed by atoms with E-state index < -0.39 is 11.6 Å². The molecular formula is C33H36ClF2N3O2S. The lowest BCUT2D eigenvalue weighted by atomic mass is 9.93. The van der Waals surface area contributed by atoms with E-state index in [0.29, 0.717) is 6.54 Å². The number of morpholine rings is 1. The van der Waals surface area contributed by atoms with Crippen molar-refractivity contribution in [1.82, 2.24) is 4.90 Å². The normalized spacial score (nSPS) is 15.8. The molecule has 1 saturated carbocycles. The Morgan fingerprint density at radius 1 is 0.976 bits per heavy atom. The highest BCUT2D eigenvalue weighted by Crippen LogP contribution is 2.40. The minimum absolute atomic E-state index is 0.00285. The highest BCUT2D eigenvalue weighted by atomic mass is 35.5. The SMILES string of the molecule is CN.O=C(c1sc2c(F)ccc(F)c2c1Cl)N(Cc1cccc(-c2ccc(N3CCOCC3)cc2)c1)C1CCCCC1. The molecule has 222 valence electrons. The largest absolute Gasteiger partial charge is 0.378 e. The van der Waals surface area contributed by atoms with Gasteiger partial charge >= 0.3 is 0 Å². The molecule has 0 radical (unpaired) electrons. The van der Waals surface area contributed by atoms with Gasteiger partial charge in [0.05, 0.1) is 28.3 Å². The number of nitrogens with two attached hydrogens (primary N) is 1. The van der Waals surface area contributed by atoms with Crippen molar-refractivity contribution in [3.05, 3.63) is 87.8 Å². The lowest BCUT2D eigenvalue weighted by Gasteiger charge is -2.34. The zero-order valence-electron chi connectivity index (χ0n) is 23.8. The maximum Gasteiger partial charge on any atom is 0.266 e. The molecule has 42 heavy (non-hydrogen) atoms. The van der Waals surface area contributed by atoms with Gasteiger partial charge < -0.3 is 20.3 Å². The molecule has 2 fully saturated rings. The van der Waals surface area contributed by atoms with Gasteiger partial charge in [-0.2, -0.15) is 0 Å². The third kappa shape index (κ3) is 6.47. The van der Waals surface area contributed by atoms with Gasteiger partial charge in [-0.3, -0.25) is 4.79 Å². The zero-order valence-corrected chi connectivity index (χ0v) is 25.3. The van der Waals surface area contributed by atoms with Crippen molar-refractivity contribution in [2.24, 2.45) is 5.73 Å². The van der Waals surface area contributed by atoms with Gasteiger partial charge in [-0.1, -0.05) is 61.2 Å². The summed E-state index contributed by atoms with van der Waals surface area (Å²) in [6.45, 7) is 3.68. The van der Waals surface area contributed by atoms with Crippen LogP contribution in [0, 0.1) is 11.6 Å². The van der Waals surface area contributed by atoms with Crippen molar-refractivity contribution >= 4 is 44.6 Å². The van der Waals surface area contributed by atoms with Gasteiger partial charge in [0.2, 0.25) is 0 Å². The molecule has 2 N–H and O–H groups in total. The monoisotopic (exact) mass is 611 g/mol. The Balaban J connectivity index is 0.00000173. The number of carbonyl (C=O) groups excluding carboxylic acids is 1. The highest BCUT2D eigenvalue weighted by molar-refractivity contribution is 7.21. The van der Waals surface area contributed by atoms with Crippen molar-refractivity contribution in [2.75, 3.05) is 38.3 Å². The number of fused-ring (bicyclic) bond motifs is 1. The number of thiophene rings is 1. The summed E-state index contributed by atoms with van der Waals surface area (Å²) < 4.78 is 34.6. The molecule has 1 aliphatic carbocycles. The maximum atomic E-state index is 14.6. The average Bonchev–Trinajstić information content (AvgIpc) is 3.41. The van der Waals surface area contributed by atoms with Crippen LogP contribution < -0.4 is 10.6 Å². The Bertz CT molecular complexity index is 1520. The van der Waals surface area contributed by atoms with Crippen LogP contribution in [0.15, 0.2) is 60.7 Å². The first-order valence-corrected chi connectivity index (χ1v) is 15.7. The van der Waals surface area contributed by atoms with Crippen molar-refractivity contribution in [3.63, 3.8) is 0 Å². The number of anilines is 1. The Hall–Kier alpha value is -3.04. The summed E-state index contributed by atoms with van der Waals surface area (Å²) in [5, 5.41) is -0.0157. The third-order valence-electron chi connectivity index (χ3n) is 8.01. The Labute approximate surface area is 254 Å². The number of carbonyl (C=O) groups is 1. The number of halogens is 3. The molecule has 1 aliphatic heterocycles. The van der Waals surface area contributed by atoms with Gasteiger partial charge in [-0.25, -0.2) is 8.78 Å². The summed E-state index contributed by atoms with van der Waals surface area (Å²) in [5.41, 5.74) is 8.87. The molecule has 6 rings (SSSR count). The van der Waals surface area contributed by atoms with Crippen LogP contribution in [0.2, 0.25) is 5.02 Å². The van der Waals surface area contributed by atoms with Crippen LogP contribution in [0.25, 0.3) is 21.2 Å². The van der Waals surface area contributed by atoms with E-state index in [-0.39, 0.29) is 31.9 Å². The van der Waals surface area contributed by atoms with E-state index in [9.17, 15) is 13.6 Å². The molecule has 0 unspecified atom stereocenters. The van der Waals surface area contributed by atoms with Gasteiger partial charge in [0.1, 0.15) is 16.5 Å². The molecular weight excluding hydrogens is 576 g/mol. The standard InChI is InChI=1S/C32H31ClF2N2O2S.CH5N/c33-29-28-26(34)13-14-27(35)30(28)40-31(29)32(38)37(25-7-2-1-3-8-25)20-21-5-4-6-23(19-21)22-9-11-24(12-10-22)36-15-17-39-18-16-36;1-2/h4-6,9-14,19,25H,1-3,7-8,15-18,20H2;2H2,1H3. The maximum absolute atomic E-state index is 14.6. The second kappa shape index (κ2) is 14.0. The van der Waals surface area contributed by atoms with Gasteiger partial charge in [0.15, 0.2) is 0 Å². The molecule has 3 aromatic carbocycles. The van der Waals surface area contributed by atoms with Crippen LogP contribution in [0.1, 0.15) is 47.3 Å². The van der Waals surface area contributed by atoms with E-state index in [1.54, 1.807) is 0 Å². The fourth-order valence-electron chi connectivity index (χ4n) is 5.86. The van der Waals surface area contributed by atoms with Crippen molar-refractivity contribution in [1.29, 1.82) is 0 Å². The summed E-state index contributed by atoms with van der Waals surface area (Å²) in [7, 11) is 1.50. The van der Waals surface area contributed by atoms with Crippen LogP contribution in [-0.2, 0) is 11.3 Å². The van der Waals surface area contributed by atoms with E-state index >= 15 is 0 Å². The first-order valence-electron chi connectivity index (χ1n) is 14.5. The highest BCUT2D eigenvalue weighted by Gasteiger charge is 2.31. The quantitative estimate of drug-likeness (QED) is 0.241. The van der Waals surface area contributed by atoms with E-state index in [4.69, 9.17) is 16.3 Å². The number of ether oxygens (including phenoxy) is 1. The van der Waals surface area contributed by atoms with E-state index in [1.807, 2.05) is 17.0 Å². The molecule has 1 amide bonds. The second-order valence-electron chi connectivity index (χ2n) is 10.6. The third-order valence-corrected chi connectivity index (χ3v) is 9.69. The van der Waals surface area contributed by atoms with E-state index in [0.717, 1.165) is 98.6 Å². The first kappa shape index (κ1) is 30.4. The lowest BCUT2D eigenvalue weighted by Crippen LogP contribution is -2.40. The molecule has 4 aromatic rings. The topological polar surface area (TPSA) is 58.8 Å². The fourth-order valence-corrected chi connectivity index (χ4v) is 7.36. The minimum Gasteiger partial charge on any atom is -0.378 e. The van der Waals surface area contributed by atoms with Gasteiger partial charge in [0, 0.05) is 31.4 Å². The lowest BCUT2D eigenvalue weighted by molar-refractivity contribution is 0.0619. The molecule has 1 aromatic heterocycles. The van der Waals surface area contributed by atoms with Gasteiger partial charge in [-0.05, 0) is 66.9 Å². The summed E-state index contributed by atoms with van der Waals surface area (Å²) in [5.74, 6) is -1.45. The number of hydrogen-bond donors (Lipinski definition) is 1. The molecule has 5 nitrogen and oxygen atoms in total. The second-order valence-corrected chi connectivity index (χ2v) is 11.9. The van der Waals surface area contributed by atoms with Gasteiger partial charge in [-0.15, -0.1) is 11.3 Å². The van der Waals surface area contributed by atoms with Crippen LogP contribution in [-0.4, -0.2) is 50.2 Å². The van der Waals surface area contributed by atoms with Crippen molar-refractivity contribution < 1.29 is 18.3 Å². The summed E-state index contributed by atoms with van der Waals surface area (Å²) >= 11 is 7.47. The van der Waals surface area contributed by atoms with Gasteiger partial charge in [0.25, 0.3) is 5.91 Å². The number of amides is 1. The van der Waals surface area contributed by atoms with Crippen LogP contribution in [0.5, 0.6) is 0 Å². The first-order chi connectivity index (χ1) is 20.5. The predicted molar refractivity (Wildman–Crippen MR) is 169 cm³/mol. The van der Waals surface area contributed by atoms with E-state index in [1.165, 1.54) is 12.7 Å². The molecule has 0 atom stereocenters. The molecule has 0 spiro atoms. The smallest absolute Gasteiger partial charge is 0.266 e. The number of nitrogens with zero attached hydrogens (tertiary/aromatic N) is 2. The molecule has 2 heterocycles. The molecule has 9 heteroatoms. The fraction of sp³-hybridized carbons (Fsp3) is 0.364. The summed E-state index contributed by atoms with van der Waals surface area (Å²) in [6, 6.07) is 19.0. The molecule has 1 saturated heterocycles. The molecule has 0 bridgehead atoms. The number of hydrogen-bond acceptors (Lipinski definition) is 5. The van der Waals surface area contributed by atoms with Crippen LogP contribution in [0.3, 0.4) is 0 Å². The van der Waals surface area contributed by atoms with Crippen LogP contribution in [0.4, 0.5) is 14.5 Å². The Morgan fingerprint density at radius 3 is 2.36 bits per heavy atom. The average molecular weight is 612 g/mol. The zero-order chi connectivity index (χ0) is 29.6. The Morgan fingerprint density at radius 2 is 1.67 bits per heavy atom. The molecule has 2 aliphatic rings.